The van der Waals surface area contributed by atoms with Crippen molar-refractivity contribution in [3.05, 3.63) is 0 Å². The van der Waals surface area contributed by atoms with Crippen LogP contribution < -0.4 is 10.5 Å². The summed E-state index contributed by atoms with van der Waals surface area (Å²) < 4.78 is 4.68. The van der Waals surface area contributed by atoms with Crippen molar-refractivity contribution in [2.24, 2.45) is 0 Å². The van der Waals surface area contributed by atoms with Crippen LogP contribution in [-0.2, 0) is 0 Å². The Kier molecular flexibility index (Phi) is 0.247. The number of hydrogen-bond acceptors (Lipinski definition) is 3. The molecular weight excluding hydrogens is 94.1 g/mol. The lowest BCUT2D eigenvalue weighted by Gasteiger charge is -1.77. The minimum atomic E-state index is 0.427. The molecule has 4 nitrogen and oxygen atoms in total. The molecule has 1 aromatic heterocycles. The Hall–Kier alpha value is -1.19. The molecule has 0 radical (unpaired) electrons. The van der Waals surface area contributed by atoms with Crippen LogP contribution in [-0.4, -0.2) is 9.97 Å². The van der Waals surface area contributed by atoms with E-state index >= 15 is 0 Å². The fourth-order valence-electron chi connectivity index (χ4n) is 0.477. The fraction of sp³-hybridized carbons (Fsp3) is 0. The van der Waals surface area contributed by atoms with Crippen molar-refractivity contribution in [3.63, 3.8) is 0 Å². The zero-order valence-electron chi connectivity index (χ0n) is 3.43. The molecule has 1 aliphatic heterocycles. The van der Waals surface area contributed by atoms with Crippen LogP contribution >= 0.6 is 0 Å². The zero-order valence-corrected chi connectivity index (χ0v) is 3.43. The van der Waals surface area contributed by atoms with Crippen LogP contribution in [0.4, 0.5) is 5.95 Å². The molecule has 0 bridgehead atoms. The van der Waals surface area contributed by atoms with Crippen LogP contribution in [0.25, 0.3) is 0 Å². The predicted molar refractivity (Wildman–Crippen MR) is 23.1 cm³/mol. The van der Waals surface area contributed by atoms with E-state index in [1.165, 1.54) is 0 Å². The van der Waals surface area contributed by atoms with Crippen LogP contribution in [0.5, 0.6) is 11.8 Å². The SMILES string of the molecule is Nc1nc2c([nH]1)O2. The van der Waals surface area contributed by atoms with Crippen molar-refractivity contribution in [1.29, 1.82) is 0 Å². The molecular formula is C3H3N3O. The Labute approximate surface area is 39.3 Å². The van der Waals surface area contributed by atoms with E-state index in [0.29, 0.717) is 17.7 Å². The van der Waals surface area contributed by atoms with E-state index < -0.39 is 0 Å². The number of nitrogens with zero attached hydrogens (tertiary/aromatic N) is 1. The first-order chi connectivity index (χ1) is 3.36. The summed E-state index contributed by atoms with van der Waals surface area (Å²) in [5, 5.41) is 0. The summed E-state index contributed by atoms with van der Waals surface area (Å²) >= 11 is 0. The van der Waals surface area contributed by atoms with E-state index in [0.717, 1.165) is 0 Å². The summed E-state index contributed by atoms with van der Waals surface area (Å²) in [5.41, 5.74) is 5.17. The normalized spacial score (nSPS) is 12.6. The Morgan fingerprint density at radius 2 is 2.57 bits per heavy atom. The number of H-pyrrole nitrogens is 1. The van der Waals surface area contributed by atoms with Crippen LogP contribution in [0.2, 0.25) is 0 Å². The molecule has 0 unspecified atom stereocenters. The highest BCUT2D eigenvalue weighted by atomic mass is 16.6. The lowest BCUT2D eigenvalue weighted by atomic mass is 11.0. The molecule has 36 valence electrons. The number of fused-ring (bicyclic) bond motifs is 1. The quantitative estimate of drug-likeness (QED) is 0.458. The third-order valence-electron chi connectivity index (χ3n) is 0.815. The molecule has 0 spiro atoms. The van der Waals surface area contributed by atoms with Gasteiger partial charge in [-0.25, -0.2) is 0 Å². The summed E-state index contributed by atoms with van der Waals surface area (Å²) in [6.07, 6.45) is 0. The molecule has 7 heavy (non-hydrogen) atoms. The predicted octanol–water partition coefficient (Wildman–Crippen LogP) is 0.0976. The average molecular weight is 97.1 g/mol. The summed E-state index contributed by atoms with van der Waals surface area (Å²) in [4.78, 5) is 6.38. The van der Waals surface area contributed by atoms with Gasteiger partial charge in [0, 0.05) is 0 Å². The Morgan fingerprint density at radius 3 is 2.86 bits per heavy atom. The summed E-state index contributed by atoms with van der Waals surface area (Å²) in [6, 6.07) is 0. The Balaban J connectivity index is 2.69. The highest BCUT2D eigenvalue weighted by Gasteiger charge is 2.25. The second kappa shape index (κ2) is 0.598. The first-order valence-corrected chi connectivity index (χ1v) is 1.89. The van der Waals surface area contributed by atoms with E-state index in [4.69, 9.17) is 5.73 Å². The minimum Gasteiger partial charge on any atom is -0.412 e. The fourth-order valence-corrected chi connectivity index (χ4v) is 0.477. The van der Waals surface area contributed by atoms with Crippen LogP contribution in [0, 0.1) is 0 Å². The molecule has 1 aliphatic rings. The van der Waals surface area contributed by atoms with E-state index in [9.17, 15) is 0 Å². The van der Waals surface area contributed by atoms with Gasteiger partial charge in [0.1, 0.15) is 0 Å². The number of ether oxygens (including phenoxy) is 1. The molecule has 4 heteroatoms. The largest absolute Gasteiger partial charge is 0.412 e. The first kappa shape index (κ1) is 2.90. The van der Waals surface area contributed by atoms with Gasteiger partial charge in [0.05, 0.1) is 0 Å². The van der Waals surface area contributed by atoms with Gasteiger partial charge in [-0.1, -0.05) is 0 Å². The first-order valence-electron chi connectivity index (χ1n) is 1.89. The van der Waals surface area contributed by atoms with E-state index in [2.05, 4.69) is 14.7 Å². The molecule has 2 rings (SSSR count). The molecule has 0 saturated heterocycles. The summed E-state index contributed by atoms with van der Waals surface area (Å²) in [7, 11) is 0. The number of hydrogen-bond donors (Lipinski definition) is 2. The van der Waals surface area contributed by atoms with Crippen LogP contribution in [0.3, 0.4) is 0 Å². The van der Waals surface area contributed by atoms with Gasteiger partial charge in [0.25, 0.3) is 11.8 Å². The smallest absolute Gasteiger partial charge is 0.286 e. The molecule has 0 aromatic carbocycles. The minimum absolute atomic E-state index is 0.427. The van der Waals surface area contributed by atoms with Gasteiger partial charge in [0.15, 0.2) is 0 Å². The second-order valence-corrected chi connectivity index (χ2v) is 1.36. The Morgan fingerprint density at radius 1 is 1.71 bits per heavy atom. The van der Waals surface area contributed by atoms with Crippen molar-refractivity contribution in [2.45, 2.75) is 0 Å². The molecule has 0 saturated carbocycles. The topological polar surface area (TPSA) is 67.2 Å². The summed E-state index contributed by atoms with van der Waals surface area (Å²) in [5.74, 6) is 1.77. The number of aromatic amines is 1. The van der Waals surface area contributed by atoms with Gasteiger partial charge in [0.2, 0.25) is 5.95 Å². The summed E-state index contributed by atoms with van der Waals surface area (Å²) in [6.45, 7) is 0. The van der Waals surface area contributed by atoms with Gasteiger partial charge >= 0.3 is 0 Å². The van der Waals surface area contributed by atoms with Crippen molar-refractivity contribution in [1.82, 2.24) is 9.97 Å². The molecule has 0 amide bonds. The van der Waals surface area contributed by atoms with E-state index in [1.807, 2.05) is 0 Å². The zero-order chi connectivity index (χ0) is 4.85. The number of rotatable bonds is 0. The maximum Gasteiger partial charge on any atom is 0.286 e. The molecule has 3 N–H and O–H groups in total. The molecule has 0 atom stereocenters. The van der Waals surface area contributed by atoms with Gasteiger partial charge < -0.3 is 10.5 Å². The molecule has 2 heterocycles. The van der Waals surface area contributed by atoms with Crippen molar-refractivity contribution >= 4 is 5.95 Å². The second-order valence-electron chi connectivity index (χ2n) is 1.36. The maximum absolute atomic E-state index is 5.17. The Bertz CT molecular complexity index is 183. The molecule has 1 aromatic rings. The van der Waals surface area contributed by atoms with Gasteiger partial charge in [-0.3, -0.25) is 4.98 Å². The van der Waals surface area contributed by atoms with Gasteiger partial charge in [-0.2, -0.15) is 4.98 Å². The maximum atomic E-state index is 5.17. The lowest BCUT2D eigenvalue weighted by molar-refractivity contribution is 0.608. The van der Waals surface area contributed by atoms with Crippen molar-refractivity contribution < 1.29 is 4.74 Å². The van der Waals surface area contributed by atoms with Crippen molar-refractivity contribution in [2.75, 3.05) is 5.73 Å². The lowest BCUT2D eigenvalue weighted by Crippen LogP contribution is -1.86. The van der Waals surface area contributed by atoms with Crippen molar-refractivity contribution in [3.8, 4) is 11.8 Å². The number of nitrogen functional groups attached to an aromatic ring is 1. The standard InChI is InChI=1S/C3H3N3O/c4-3-5-1-2(6-3)7-1/h(H3,4,5,6). The number of nitrogens with two attached hydrogens (primary N) is 1. The number of anilines is 1. The van der Waals surface area contributed by atoms with E-state index in [1.54, 1.807) is 0 Å². The van der Waals surface area contributed by atoms with Crippen LogP contribution in [0.1, 0.15) is 0 Å². The third kappa shape index (κ3) is 0.231. The van der Waals surface area contributed by atoms with Crippen LogP contribution in [0.15, 0.2) is 0 Å². The van der Waals surface area contributed by atoms with Gasteiger partial charge in [-0.15, -0.1) is 0 Å². The van der Waals surface area contributed by atoms with Gasteiger partial charge in [-0.05, 0) is 0 Å². The monoisotopic (exact) mass is 97.0 g/mol. The third-order valence-corrected chi connectivity index (χ3v) is 0.815. The highest BCUT2D eigenvalue weighted by molar-refractivity contribution is 5.48. The number of imidazole rings is 1. The average Bonchev–Trinajstić information content (AvgIpc) is 2.15. The molecule has 0 aliphatic carbocycles. The number of aromatic nitrogens is 2. The number of nitrogens with one attached hydrogen (secondary N) is 1. The molecule has 0 fully saturated rings. The highest BCUT2D eigenvalue weighted by Crippen LogP contribution is 2.41. The van der Waals surface area contributed by atoms with E-state index in [-0.39, 0.29) is 0 Å².